The minimum atomic E-state index is -4.19. The van der Waals surface area contributed by atoms with Gasteiger partial charge in [-0.05, 0) is 48.4 Å². The third kappa shape index (κ3) is 5.77. The van der Waals surface area contributed by atoms with Gasteiger partial charge >= 0.3 is 0 Å². The molecule has 1 N–H and O–H groups in total. The minimum Gasteiger partial charge on any atom is -0.495 e. The number of carbonyl (C=O) groups excluding carboxylic acids is 1. The number of sulfonamides is 1. The Labute approximate surface area is 198 Å². The van der Waals surface area contributed by atoms with Gasteiger partial charge in [-0.2, -0.15) is 0 Å². The largest absolute Gasteiger partial charge is 0.495 e. The second-order valence-electron chi connectivity index (χ2n) is 7.25. The summed E-state index contributed by atoms with van der Waals surface area (Å²) in [5.41, 5.74) is 1.85. The fourth-order valence-electron chi connectivity index (χ4n) is 3.21. The molecular formula is C24H25ClN2O5S. The molecule has 3 aromatic carbocycles. The maximum atomic E-state index is 13.7. The molecule has 0 fully saturated rings. The lowest BCUT2D eigenvalue weighted by molar-refractivity contribution is -0.119. The Morgan fingerprint density at radius 1 is 0.970 bits per heavy atom. The molecule has 174 valence electrons. The van der Waals surface area contributed by atoms with Gasteiger partial charge in [-0.1, -0.05) is 48.0 Å². The predicted octanol–water partition coefficient (Wildman–Crippen LogP) is 4.18. The van der Waals surface area contributed by atoms with Crippen molar-refractivity contribution in [3.05, 3.63) is 82.9 Å². The fraction of sp³-hybridized carbons (Fsp3) is 0.208. The molecule has 0 atom stereocenters. The Morgan fingerprint density at radius 2 is 1.64 bits per heavy atom. The van der Waals surface area contributed by atoms with Gasteiger partial charge in [-0.3, -0.25) is 9.10 Å². The Morgan fingerprint density at radius 3 is 2.27 bits per heavy atom. The summed E-state index contributed by atoms with van der Waals surface area (Å²) in [6.07, 6.45) is 0. The molecule has 7 nitrogen and oxygen atoms in total. The summed E-state index contributed by atoms with van der Waals surface area (Å²) in [6, 6.07) is 18.7. The van der Waals surface area contributed by atoms with Gasteiger partial charge in [-0.25, -0.2) is 8.42 Å². The van der Waals surface area contributed by atoms with Crippen molar-refractivity contribution < 1.29 is 22.7 Å². The van der Waals surface area contributed by atoms with E-state index in [9.17, 15) is 13.2 Å². The van der Waals surface area contributed by atoms with E-state index in [0.717, 1.165) is 15.4 Å². The molecule has 3 rings (SSSR count). The quantitative estimate of drug-likeness (QED) is 0.488. The van der Waals surface area contributed by atoms with Crippen LogP contribution in [0.15, 0.2) is 71.6 Å². The van der Waals surface area contributed by atoms with Gasteiger partial charge in [-0.15, -0.1) is 0 Å². The van der Waals surface area contributed by atoms with Gasteiger partial charge in [0.05, 0.1) is 24.9 Å². The molecule has 0 aliphatic carbocycles. The van der Waals surface area contributed by atoms with E-state index in [1.165, 1.54) is 32.4 Å². The lowest BCUT2D eigenvalue weighted by Gasteiger charge is -2.25. The van der Waals surface area contributed by atoms with Crippen LogP contribution in [0.5, 0.6) is 11.5 Å². The second-order valence-corrected chi connectivity index (χ2v) is 9.49. The average molecular weight is 489 g/mol. The van der Waals surface area contributed by atoms with Gasteiger partial charge in [0, 0.05) is 6.54 Å². The molecule has 33 heavy (non-hydrogen) atoms. The zero-order valence-electron chi connectivity index (χ0n) is 18.5. The third-order valence-electron chi connectivity index (χ3n) is 4.93. The molecular weight excluding hydrogens is 464 g/mol. The van der Waals surface area contributed by atoms with Gasteiger partial charge in [0.2, 0.25) is 5.91 Å². The first-order valence-electron chi connectivity index (χ1n) is 10.1. The standard InChI is InChI=1S/C24H25ClN2O5S/c1-17-9-11-22(32-3)23(13-17)33(29,30)27(19-10-12-21(31-2)20(25)14-19)16-24(28)26-15-18-7-5-4-6-8-18/h4-14H,15-16H2,1-3H3,(H,26,28). The molecule has 3 aromatic rings. The van der Waals surface area contributed by atoms with E-state index in [1.807, 2.05) is 30.3 Å². The predicted molar refractivity (Wildman–Crippen MR) is 129 cm³/mol. The summed E-state index contributed by atoms with van der Waals surface area (Å²) in [6.45, 7) is 1.60. The number of nitrogens with zero attached hydrogens (tertiary/aromatic N) is 1. The van der Waals surface area contributed by atoms with E-state index in [-0.39, 0.29) is 27.9 Å². The van der Waals surface area contributed by atoms with Crippen LogP contribution in [0.4, 0.5) is 5.69 Å². The van der Waals surface area contributed by atoms with Gasteiger partial charge in [0.15, 0.2) is 0 Å². The molecule has 0 aliphatic rings. The summed E-state index contributed by atoms with van der Waals surface area (Å²) in [5, 5.41) is 2.98. The molecule has 9 heteroatoms. The van der Waals surface area contributed by atoms with Crippen LogP contribution in [0, 0.1) is 6.92 Å². The van der Waals surface area contributed by atoms with Crippen molar-refractivity contribution in [1.29, 1.82) is 0 Å². The molecule has 1 amide bonds. The highest BCUT2D eigenvalue weighted by Gasteiger charge is 2.30. The molecule has 0 radical (unpaired) electrons. The summed E-state index contributed by atoms with van der Waals surface area (Å²) >= 11 is 6.26. The van der Waals surface area contributed by atoms with Crippen molar-refractivity contribution in [3.63, 3.8) is 0 Å². The van der Waals surface area contributed by atoms with Crippen LogP contribution in [0.1, 0.15) is 11.1 Å². The summed E-state index contributed by atoms with van der Waals surface area (Å²) < 4.78 is 38.9. The molecule has 0 heterocycles. The lowest BCUT2D eigenvalue weighted by atomic mass is 10.2. The first kappa shape index (κ1) is 24.4. The number of anilines is 1. The van der Waals surface area contributed by atoms with E-state index in [1.54, 1.807) is 25.1 Å². The van der Waals surface area contributed by atoms with Crippen molar-refractivity contribution in [2.45, 2.75) is 18.4 Å². The number of carbonyl (C=O) groups is 1. The minimum absolute atomic E-state index is 0.0483. The van der Waals surface area contributed by atoms with Crippen LogP contribution in [-0.4, -0.2) is 35.1 Å². The van der Waals surface area contributed by atoms with Crippen LogP contribution >= 0.6 is 11.6 Å². The summed E-state index contributed by atoms with van der Waals surface area (Å²) in [5.74, 6) is 0.0929. The van der Waals surface area contributed by atoms with Gasteiger partial charge in [0.25, 0.3) is 10.0 Å². The highest BCUT2D eigenvalue weighted by molar-refractivity contribution is 7.93. The highest BCUT2D eigenvalue weighted by atomic mass is 35.5. The zero-order chi connectivity index (χ0) is 24.0. The normalized spacial score (nSPS) is 11.0. The summed E-state index contributed by atoms with van der Waals surface area (Å²) in [7, 11) is -1.33. The summed E-state index contributed by atoms with van der Waals surface area (Å²) in [4.78, 5) is 12.8. The number of amides is 1. The van der Waals surface area contributed by atoms with E-state index in [0.29, 0.717) is 5.75 Å². The molecule has 0 aromatic heterocycles. The number of halogens is 1. The van der Waals surface area contributed by atoms with E-state index in [2.05, 4.69) is 5.32 Å². The SMILES string of the molecule is COc1ccc(N(CC(=O)NCc2ccccc2)S(=O)(=O)c2cc(C)ccc2OC)cc1Cl. The maximum absolute atomic E-state index is 13.7. The molecule has 0 aliphatic heterocycles. The molecule has 0 spiro atoms. The topological polar surface area (TPSA) is 84.9 Å². The highest BCUT2D eigenvalue weighted by Crippen LogP contribution is 2.34. The smallest absolute Gasteiger partial charge is 0.268 e. The maximum Gasteiger partial charge on any atom is 0.268 e. The first-order valence-corrected chi connectivity index (χ1v) is 11.9. The number of rotatable bonds is 9. The van der Waals surface area contributed by atoms with Crippen LogP contribution in [0.3, 0.4) is 0 Å². The van der Waals surface area contributed by atoms with Crippen molar-refractivity contribution in [1.82, 2.24) is 5.32 Å². The Hall–Kier alpha value is -3.23. The van der Waals surface area contributed by atoms with Crippen molar-refractivity contribution >= 4 is 33.2 Å². The van der Waals surface area contributed by atoms with Crippen LogP contribution in [0.2, 0.25) is 5.02 Å². The molecule has 0 unspecified atom stereocenters. The molecule has 0 bridgehead atoms. The number of aryl methyl sites for hydroxylation is 1. The van der Waals surface area contributed by atoms with E-state index >= 15 is 0 Å². The third-order valence-corrected chi connectivity index (χ3v) is 7.02. The van der Waals surface area contributed by atoms with Crippen molar-refractivity contribution in [2.75, 3.05) is 25.1 Å². The first-order chi connectivity index (χ1) is 15.8. The van der Waals surface area contributed by atoms with Crippen molar-refractivity contribution in [2.24, 2.45) is 0 Å². The Kier molecular flexibility index (Phi) is 7.84. The zero-order valence-corrected chi connectivity index (χ0v) is 20.1. The second kappa shape index (κ2) is 10.6. The number of benzene rings is 3. The van der Waals surface area contributed by atoms with E-state index in [4.69, 9.17) is 21.1 Å². The van der Waals surface area contributed by atoms with Gasteiger partial charge < -0.3 is 14.8 Å². The number of ether oxygens (including phenoxy) is 2. The van der Waals surface area contributed by atoms with E-state index < -0.39 is 22.5 Å². The monoisotopic (exact) mass is 488 g/mol. The Bertz CT molecular complexity index is 1230. The number of methoxy groups -OCH3 is 2. The fourth-order valence-corrected chi connectivity index (χ4v) is 5.12. The Balaban J connectivity index is 1.99. The average Bonchev–Trinajstić information content (AvgIpc) is 2.81. The van der Waals surface area contributed by atoms with Crippen LogP contribution in [0.25, 0.3) is 0 Å². The number of hydrogen-bond donors (Lipinski definition) is 1. The number of nitrogens with one attached hydrogen (secondary N) is 1. The molecule has 0 saturated heterocycles. The number of hydrogen-bond acceptors (Lipinski definition) is 5. The van der Waals surface area contributed by atoms with Crippen LogP contribution < -0.4 is 19.1 Å². The van der Waals surface area contributed by atoms with Gasteiger partial charge in [0.1, 0.15) is 22.9 Å². The lowest BCUT2D eigenvalue weighted by Crippen LogP contribution is -2.40. The molecule has 0 saturated carbocycles. The van der Waals surface area contributed by atoms with Crippen molar-refractivity contribution in [3.8, 4) is 11.5 Å². The van der Waals surface area contributed by atoms with Crippen LogP contribution in [-0.2, 0) is 21.4 Å².